The molecule has 0 aliphatic carbocycles. The lowest BCUT2D eigenvalue weighted by Crippen LogP contribution is -2.46. The number of halogens is 1. The largest absolute Gasteiger partial charge is 0.301 e. The average Bonchev–Trinajstić information content (AvgIpc) is 2.41. The molecule has 0 aromatic heterocycles. The van der Waals surface area contributed by atoms with Crippen LogP contribution in [-0.2, 0) is 11.7 Å². The SMILES string of the molecule is [O]CCCN1CCN(Cc2ccc(Cl)cc2)CC1. The van der Waals surface area contributed by atoms with Crippen LogP contribution >= 0.6 is 11.6 Å². The van der Waals surface area contributed by atoms with Crippen LogP contribution in [0.3, 0.4) is 0 Å². The molecule has 1 saturated heterocycles. The zero-order valence-corrected chi connectivity index (χ0v) is 11.4. The summed E-state index contributed by atoms with van der Waals surface area (Å²) in [6, 6.07) is 8.07. The summed E-state index contributed by atoms with van der Waals surface area (Å²) < 4.78 is 0. The van der Waals surface area contributed by atoms with Gasteiger partial charge < -0.3 is 4.90 Å². The van der Waals surface area contributed by atoms with E-state index in [4.69, 9.17) is 11.6 Å². The number of hydrogen-bond acceptors (Lipinski definition) is 2. The lowest BCUT2D eigenvalue weighted by molar-refractivity contribution is 0.110. The van der Waals surface area contributed by atoms with Crippen LogP contribution in [0.25, 0.3) is 0 Å². The zero-order valence-electron chi connectivity index (χ0n) is 10.6. The van der Waals surface area contributed by atoms with Crippen molar-refractivity contribution in [2.75, 3.05) is 39.3 Å². The molecule has 0 amide bonds. The van der Waals surface area contributed by atoms with Crippen molar-refractivity contribution in [3.05, 3.63) is 34.9 Å². The van der Waals surface area contributed by atoms with Gasteiger partial charge in [-0.3, -0.25) is 4.90 Å². The number of nitrogens with zero attached hydrogens (tertiary/aromatic N) is 2. The summed E-state index contributed by atoms with van der Waals surface area (Å²) in [7, 11) is 0. The van der Waals surface area contributed by atoms with E-state index in [1.165, 1.54) is 5.56 Å². The predicted molar refractivity (Wildman–Crippen MR) is 73.3 cm³/mol. The first-order valence-electron chi connectivity index (χ1n) is 6.55. The summed E-state index contributed by atoms with van der Waals surface area (Å²) in [5.41, 5.74) is 1.31. The second kappa shape index (κ2) is 7.10. The highest BCUT2D eigenvalue weighted by Crippen LogP contribution is 2.12. The Bertz CT molecular complexity index is 347. The summed E-state index contributed by atoms with van der Waals surface area (Å²) in [6.45, 7) is 6.32. The van der Waals surface area contributed by atoms with E-state index in [1.807, 2.05) is 12.1 Å². The maximum Gasteiger partial charge on any atom is 0.0834 e. The summed E-state index contributed by atoms with van der Waals surface area (Å²) in [6.07, 6.45) is 0.775. The van der Waals surface area contributed by atoms with Gasteiger partial charge in [0, 0.05) is 44.3 Å². The number of benzene rings is 1. The van der Waals surface area contributed by atoms with Crippen molar-refractivity contribution in [3.8, 4) is 0 Å². The highest BCUT2D eigenvalue weighted by atomic mass is 35.5. The molecule has 0 unspecified atom stereocenters. The van der Waals surface area contributed by atoms with Crippen molar-refractivity contribution in [2.45, 2.75) is 13.0 Å². The third kappa shape index (κ3) is 4.25. The Morgan fingerprint density at radius 2 is 1.61 bits per heavy atom. The van der Waals surface area contributed by atoms with Gasteiger partial charge in [0.05, 0.1) is 6.61 Å². The third-order valence-electron chi connectivity index (χ3n) is 3.40. The number of piperazine rings is 1. The second-order valence-corrected chi connectivity index (χ2v) is 5.24. The van der Waals surface area contributed by atoms with Crippen LogP contribution in [0.2, 0.25) is 5.02 Å². The molecule has 0 bridgehead atoms. The molecule has 1 radical (unpaired) electrons. The summed E-state index contributed by atoms with van der Waals surface area (Å²) in [5.74, 6) is 0. The van der Waals surface area contributed by atoms with E-state index in [9.17, 15) is 5.11 Å². The Kier molecular flexibility index (Phi) is 5.45. The van der Waals surface area contributed by atoms with Crippen LogP contribution in [0, 0.1) is 0 Å². The molecular weight excluding hydrogens is 248 g/mol. The monoisotopic (exact) mass is 267 g/mol. The first-order valence-corrected chi connectivity index (χ1v) is 6.93. The van der Waals surface area contributed by atoms with Gasteiger partial charge in [-0.15, -0.1) is 0 Å². The van der Waals surface area contributed by atoms with Crippen LogP contribution in [0.4, 0.5) is 0 Å². The minimum atomic E-state index is 0.0466. The van der Waals surface area contributed by atoms with Gasteiger partial charge in [-0.2, -0.15) is 0 Å². The Morgan fingerprint density at radius 1 is 1.00 bits per heavy atom. The van der Waals surface area contributed by atoms with Gasteiger partial charge in [-0.05, 0) is 24.1 Å². The van der Waals surface area contributed by atoms with Crippen molar-refractivity contribution in [2.24, 2.45) is 0 Å². The molecule has 1 fully saturated rings. The van der Waals surface area contributed by atoms with Gasteiger partial charge in [-0.1, -0.05) is 23.7 Å². The topological polar surface area (TPSA) is 26.4 Å². The molecule has 18 heavy (non-hydrogen) atoms. The highest BCUT2D eigenvalue weighted by Gasteiger charge is 2.16. The van der Waals surface area contributed by atoms with Gasteiger partial charge in [-0.25, -0.2) is 5.11 Å². The molecule has 0 atom stereocenters. The molecule has 1 aromatic carbocycles. The standard InChI is InChI=1S/C14H20ClN2O/c15-14-4-2-13(3-5-14)12-17-9-7-16(8-10-17)6-1-11-18/h2-5H,1,6-12H2. The van der Waals surface area contributed by atoms with E-state index in [1.54, 1.807) is 0 Å². The van der Waals surface area contributed by atoms with Gasteiger partial charge >= 0.3 is 0 Å². The molecule has 1 aromatic rings. The van der Waals surface area contributed by atoms with Crippen LogP contribution in [0.5, 0.6) is 0 Å². The zero-order chi connectivity index (χ0) is 12.8. The molecular formula is C14H20ClN2O. The summed E-state index contributed by atoms with van der Waals surface area (Å²) >= 11 is 5.88. The molecule has 1 aliphatic rings. The smallest absolute Gasteiger partial charge is 0.0834 e. The molecule has 0 saturated carbocycles. The lowest BCUT2D eigenvalue weighted by atomic mass is 10.2. The normalized spacial score (nSPS) is 18.1. The van der Waals surface area contributed by atoms with E-state index in [0.717, 1.165) is 50.7 Å². The maximum atomic E-state index is 10.5. The second-order valence-electron chi connectivity index (χ2n) is 4.80. The Hall–Kier alpha value is -0.610. The Labute approximate surface area is 114 Å². The number of rotatable bonds is 5. The number of hydrogen-bond donors (Lipinski definition) is 0. The molecule has 2 rings (SSSR count). The van der Waals surface area contributed by atoms with E-state index in [2.05, 4.69) is 21.9 Å². The van der Waals surface area contributed by atoms with Crippen molar-refractivity contribution in [1.29, 1.82) is 0 Å². The van der Waals surface area contributed by atoms with Crippen molar-refractivity contribution in [3.63, 3.8) is 0 Å². The van der Waals surface area contributed by atoms with Gasteiger partial charge in [0.1, 0.15) is 0 Å². The van der Waals surface area contributed by atoms with Crippen LogP contribution < -0.4 is 0 Å². The fourth-order valence-electron chi connectivity index (χ4n) is 2.31. The summed E-state index contributed by atoms with van der Waals surface area (Å²) in [4.78, 5) is 4.84. The van der Waals surface area contributed by atoms with E-state index in [0.29, 0.717) is 0 Å². The van der Waals surface area contributed by atoms with Gasteiger partial charge in [0.25, 0.3) is 0 Å². The lowest BCUT2D eigenvalue weighted by Gasteiger charge is -2.34. The van der Waals surface area contributed by atoms with Crippen LogP contribution in [-0.4, -0.2) is 49.1 Å². The van der Waals surface area contributed by atoms with Gasteiger partial charge in [0.2, 0.25) is 0 Å². The Morgan fingerprint density at radius 3 is 2.22 bits per heavy atom. The predicted octanol–water partition coefficient (Wildman–Crippen LogP) is 2.28. The first kappa shape index (κ1) is 13.8. The Balaban J connectivity index is 1.74. The first-order chi connectivity index (χ1) is 8.78. The van der Waals surface area contributed by atoms with E-state index < -0.39 is 0 Å². The van der Waals surface area contributed by atoms with Crippen LogP contribution in [0.15, 0.2) is 24.3 Å². The van der Waals surface area contributed by atoms with E-state index in [-0.39, 0.29) is 6.61 Å². The minimum absolute atomic E-state index is 0.0466. The maximum absolute atomic E-state index is 10.5. The van der Waals surface area contributed by atoms with E-state index >= 15 is 0 Å². The van der Waals surface area contributed by atoms with Crippen LogP contribution in [0.1, 0.15) is 12.0 Å². The molecule has 4 heteroatoms. The van der Waals surface area contributed by atoms with Gasteiger partial charge in [0.15, 0.2) is 0 Å². The highest BCUT2D eigenvalue weighted by molar-refractivity contribution is 6.30. The fourth-order valence-corrected chi connectivity index (χ4v) is 2.43. The van der Waals surface area contributed by atoms with Crippen molar-refractivity contribution in [1.82, 2.24) is 9.80 Å². The molecule has 1 heterocycles. The van der Waals surface area contributed by atoms with Crippen molar-refractivity contribution >= 4 is 11.6 Å². The fraction of sp³-hybridized carbons (Fsp3) is 0.571. The molecule has 1 aliphatic heterocycles. The average molecular weight is 268 g/mol. The molecule has 0 N–H and O–H groups in total. The quantitative estimate of drug-likeness (QED) is 0.818. The molecule has 0 spiro atoms. The molecule has 3 nitrogen and oxygen atoms in total. The molecule has 99 valence electrons. The minimum Gasteiger partial charge on any atom is -0.301 e. The third-order valence-corrected chi connectivity index (χ3v) is 3.66. The van der Waals surface area contributed by atoms with Crippen molar-refractivity contribution < 1.29 is 5.11 Å². The summed E-state index contributed by atoms with van der Waals surface area (Å²) in [5, 5.41) is 11.3.